The number of nitrogens with zero attached hydrogens (tertiary/aromatic N) is 1. The van der Waals surface area contributed by atoms with Crippen LogP contribution in [0.4, 0.5) is 0 Å². The molecule has 0 saturated heterocycles. The lowest BCUT2D eigenvalue weighted by Gasteiger charge is -2.16. The summed E-state index contributed by atoms with van der Waals surface area (Å²) in [6.07, 6.45) is 0.270. The number of ether oxygens (including phenoxy) is 1. The Bertz CT molecular complexity index is 1120. The van der Waals surface area contributed by atoms with Gasteiger partial charge in [-0.1, -0.05) is 84.9 Å². The molecule has 0 spiro atoms. The molecule has 32 heavy (non-hydrogen) atoms. The van der Waals surface area contributed by atoms with E-state index in [1.807, 2.05) is 60.7 Å². The number of rotatable bonds is 9. The van der Waals surface area contributed by atoms with Crippen molar-refractivity contribution in [2.75, 3.05) is 6.61 Å². The zero-order valence-corrected chi connectivity index (χ0v) is 18.5. The van der Waals surface area contributed by atoms with Gasteiger partial charge >= 0.3 is 5.97 Å². The Morgan fingerprint density at radius 2 is 1.38 bits per heavy atom. The molecule has 0 aromatic heterocycles. The molecule has 166 valence electrons. The van der Waals surface area contributed by atoms with E-state index >= 15 is 0 Å². The maximum Gasteiger partial charge on any atom is 0.331 e. The van der Waals surface area contributed by atoms with Crippen LogP contribution >= 0.6 is 0 Å². The van der Waals surface area contributed by atoms with E-state index in [1.54, 1.807) is 31.2 Å². The fraction of sp³-hybridized carbons (Fsp3) is 0.200. The van der Waals surface area contributed by atoms with E-state index in [4.69, 9.17) is 9.73 Å². The fourth-order valence-corrected chi connectivity index (χ4v) is 3.88. The molecular formula is C25H24NO5S-. The molecule has 0 bridgehead atoms. The molecule has 0 aliphatic rings. The van der Waals surface area contributed by atoms with E-state index in [-0.39, 0.29) is 13.0 Å². The lowest BCUT2D eigenvalue weighted by Crippen LogP contribution is -2.26. The molecule has 3 aromatic carbocycles. The molecule has 6 nitrogen and oxygen atoms in total. The van der Waals surface area contributed by atoms with E-state index < -0.39 is 27.9 Å². The normalized spacial score (nSPS) is 12.1. The molecular weight excluding hydrogens is 426 g/mol. The number of hydrogen-bond acceptors (Lipinski definition) is 6. The molecule has 1 unspecified atom stereocenters. The van der Waals surface area contributed by atoms with Crippen LogP contribution in [0.2, 0.25) is 0 Å². The van der Waals surface area contributed by atoms with Crippen LogP contribution in [0, 0.1) is 0 Å². The van der Waals surface area contributed by atoms with Crippen molar-refractivity contribution in [2.45, 2.75) is 25.1 Å². The Morgan fingerprint density at radius 3 is 1.84 bits per heavy atom. The summed E-state index contributed by atoms with van der Waals surface area (Å²) in [6.45, 7) is 1.98. The highest BCUT2D eigenvalue weighted by Gasteiger charge is 2.21. The monoisotopic (exact) mass is 450 g/mol. The molecule has 0 radical (unpaired) electrons. The standard InChI is InChI=1S/C25H25NO5S/c1-2-31-25(27)23(17-19-13-15-20(16-14-19)18-32(28,29)30)26-24(21-9-5-3-6-10-21)22-11-7-4-8-12-22/h3-16,23H,2,17-18H2,1H3,(H,28,29,30)/p-1. The van der Waals surface area contributed by atoms with Gasteiger partial charge in [-0.05, 0) is 18.1 Å². The van der Waals surface area contributed by atoms with Crippen LogP contribution in [0.5, 0.6) is 0 Å². The summed E-state index contributed by atoms with van der Waals surface area (Å²) < 4.78 is 38.2. The number of carbonyl (C=O) groups is 1. The molecule has 7 heteroatoms. The molecule has 0 saturated carbocycles. The topological polar surface area (TPSA) is 95.9 Å². The fourth-order valence-electron chi connectivity index (χ4n) is 3.28. The van der Waals surface area contributed by atoms with Crippen molar-refractivity contribution in [1.82, 2.24) is 0 Å². The van der Waals surface area contributed by atoms with Gasteiger partial charge in [-0.15, -0.1) is 0 Å². The minimum Gasteiger partial charge on any atom is -0.748 e. The molecule has 3 aromatic rings. The molecule has 0 N–H and O–H groups in total. The van der Waals surface area contributed by atoms with E-state index in [2.05, 4.69) is 0 Å². The number of aliphatic imine (C=N–C) groups is 1. The Morgan fingerprint density at radius 1 is 0.875 bits per heavy atom. The quantitative estimate of drug-likeness (QED) is 0.281. The smallest absolute Gasteiger partial charge is 0.331 e. The largest absolute Gasteiger partial charge is 0.748 e. The summed E-state index contributed by atoms with van der Waals surface area (Å²) in [7, 11) is -4.36. The Kier molecular flexibility index (Phi) is 7.92. The first-order valence-corrected chi connectivity index (χ1v) is 11.8. The van der Waals surface area contributed by atoms with Crippen molar-refractivity contribution in [2.24, 2.45) is 4.99 Å². The summed E-state index contributed by atoms with van der Waals surface area (Å²) in [5.41, 5.74) is 3.61. The third-order valence-electron chi connectivity index (χ3n) is 4.73. The van der Waals surface area contributed by atoms with Gasteiger partial charge in [0.1, 0.15) is 0 Å². The van der Waals surface area contributed by atoms with Crippen LogP contribution in [-0.2, 0) is 31.8 Å². The van der Waals surface area contributed by atoms with Gasteiger partial charge in [0, 0.05) is 17.5 Å². The van der Waals surface area contributed by atoms with Gasteiger partial charge in [-0.2, -0.15) is 0 Å². The van der Waals surface area contributed by atoms with E-state index in [0.29, 0.717) is 11.3 Å². The van der Waals surface area contributed by atoms with Gasteiger partial charge in [0.05, 0.1) is 28.2 Å². The zero-order chi connectivity index (χ0) is 23.0. The van der Waals surface area contributed by atoms with Crippen LogP contribution in [-0.4, -0.2) is 37.3 Å². The second kappa shape index (κ2) is 10.8. The molecule has 0 aliphatic heterocycles. The lowest BCUT2D eigenvalue weighted by atomic mass is 10.0. The van der Waals surface area contributed by atoms with Gasteiger partial charge in [-0.25, -0.2) is 13.2 Å². The van der Waals surface area contributed by atoms with Crippen LogP contribution in [0.1, 0.15) is 29.2 Å². The zero-order valence-electron chi connectivity index (χ0n) is 17.7. The highest BCUT2D eigenvalue weighted by Crippen LogP contribution is 2.16. The summed E-state index contributed by atoms with van der Waals surface area (Å²) in [6, 6.07) is 25.0. The SMILES string of the molecule is CCOC(=O)C(Cc1ccc(CS(=O)(=O)[O-])cc1)N=C(c1ccccc1)c1ccccc1. The van der Waals surface area contributed by atoms with Crippen molar-refractivity contribution in [3.05, 3.63) is 107 Å². The number of esters is 1. The molecule has 1 atom stereocenters. The van der Waals surface area contributed by atoms with E-state index in [1.165, 1.54) is 0 Å². The highest BCUT2D eigenvalue weighted by atomic mass is 32.2. The maximum absolute atomic E-state index is 12.8. The van der Waals surface area contributed by atoms with Gasteiger partial charge in [-0.3, -0.25) is 4.99 Å². The Labute approximate surface area is 188 Å². The van der Waals surface area contributed by atoms with Gasteiger partial charge in [0.2, 0.25) is 0 Å². The Balaban J connectivity index is 1.96. The van der Waals surface area contributed by atoms with Crippen LogP contribution in [0.15, 0.2) is 89.9 Å². The van der Waals surface area contributed by atoms with Crippen molar-refractivity contribution in [3.8, 4) is 0 Å². The maximum atomic E-state index is 12.8. The van der Waals surface area contributed by atoms with Crippen molar-refractivity contribution in [3.63, 3.8) is 0 Å². The van der Waals surface area contributed by atoms with Gasteiger partial charge in [0.25, 0.3) is 0 Å². The third kappa shape index (κ3) is 6.87. The summed E-state index contributed by atoms with van der Waals surface area (Å²) in [5, 5.41) is 0. The van der Waals surface area contributed by atoms with Crippen LogP contribution in [0.3, 0.4) is 0 Å². The molecule has 0 amide bonds. The molecule has 0 fully saturated rings. The number of hydrogen-bond donors (Lipinski definition) is 0. The molecule has 0 aliphatic carbocycles. The minimum absolute atomic E-state index is 0.233. The highest BCUT2D eigenvalue weighted by molar-refractivity contribution is 7.84. The van der Waals surface area contributed by atoms with Crippen LogP contribution in [0.25, 0.3) is 0 Å². The average Bonchev–Trinajstić information content (AvgIpc) is 2.78. The second-order valence-electron chi connectivity index (χ2n) is 7.20. The van der Waals surface area contributed by atoms with Gasteiger partial charge < -0.3 is 9.29 Å². The number of benzene rings is 3. The number of carbonyl (C=O) groups excluding carboxylic acids is 1. The predicted octanol–water partition coefficient (Wildman–Crippen LogP) is 3.74. The predicted molar refractivity (Wildman–Crippen MR) is 122 cm³/mol. The van der Waals surface area contributed by atoms with Crippen molar-refractivity contribution < 1.29 is 22.5 Å². The van der Waals surface area contributed by atoms with Crippen molar-refractivity contribution in [1.29, 1.82) is 0 Å². The van der Waals surface area contributed by atoms with E-state index in [0.717, 1.165) is 16.7 Å². The first-order valence-electron chi connectivity index (χ1n) is 10.2. The average molecular weight is 451 g/mol. The minimum atomic E-state index is -4.36. The van der Waals surface area contributed by atoms with E-state index in [9.17, 15) is 17.8 Å². The molecule has 0 heterocycles. The summed E-state index contributed by atoms with van der Waals surface area (Å²) >= 11 is 0. The van der Waals surface area contributed by atoms with Gasteiger partial charge in [0.15, 0.2) is 6.04 Å². The second-order valence-corrected chi connectivity index (χ2v) is 8.60. The van der Waals surface area contributed by atoms with Crippen molar-refractivity contribution >= 4 is 21.8 Å². The first kappa shape index (κ1) is 23.4. The third-order valence-corrected chi connectivity index (χ3v) is 5.42. The Hall–Kier alpha value is -3.29. The molecule has 3 rings (SSSR count). The summed E-state index contributed by atoms with van der Waals surface area (Å²) in [4.78, 5) is 17.6. The van der Waals surface area contributed by atoms with Crippen LogP contribution < -0.4 is 0 Å². The lowest BCUT2D eigenvalue weighted by molar-refractivity contribution is -0.144. The summed E-state index contributed by atoms with van der Waals surface area (Å²) in [5.74, 6) is -1.01. The first-order chi connectivity index (χ1) is 15.4.